The van der Waals surface area contributed by atoms with E-state index in [0.29, 0.717) is 34.7 Å². The summed E-state index contributed by atoms with van der Waals surface area (Å²) >= 11 is 11.8. The number of hydrogen-bond donors (Lipinski definition) is 1. The Balaban J connectivity index is 2.60. The summed E-state index contributed by atoms with van der Waals surface area (Å²) < 4.78 is 0. The quantitative estimate of drug-likeness (QED) is 0.815. The van der Waals surface area contributed by atoms with E-state index < -0.39 is 0 Å². The lowest BCUT2D eigenvalue weighted by Gasteiger charge is -2.21. The standard InChI is InChI=1S/C16H22Cl2N2O2/c1-11(2)6-8-19-16(22)7-9-20(12(3)21)13-4-5-14(17)15(18)10-13/h4-5,10-11H,6-9H2,1-3H3,(H,19,22). The van der Waals surface area contributed by atoms with Gasteiger partial charge >= 0.3 is 0 Å². The fourth-order valence-corrected chi connectivity index (χ4v) is 2.22. The maximum Gasteiger partial charge on any atom is 0.223 e. The fraction of sp³-hybridized carbons (Fsp3) is 0.500. The lowest BCUT2D eigenvalue weighted by atomic mass is 10.1. The Hall–Kier alpha value is -1.26. The summed E-state index contributed by atoms with van der Waals surface area (Å²) in [4.78, 5) is 25.1. The van der Waals surface area contributed by atoms with Crippen molar-refractivity contribution in [3.05, 3.63) is 28.2 Å². The molecule has 1 N–H and O–H groups in total. The normalized spacial score (nSPS) is 10.6. The number of anilines is 1. The zero-order valence-electron chi connectivity index (χ0n) is 13.2. The van der Waals surface area contributed by atoms with Crippen molar-refractivity contribution in [3.8, 4) is 0 Å². The Labute approximate surface area is 141 Å². The molecule has 0 aromatic heterocycles. The minimum absolute atomic E-state index is 0.0630. The summed E-state index contributed by atoms with van der Waals surface area (Å²) in [6.45, 7) is 6.63. The highest BCUT2D eigenvalue weighted by molar-refractivity contribution is 6.42. The smallest absolute Gasteiger partial charge is 0.223 e. The number of rotatable bonds is 7. The van der Waals surface area contributed by atoms with Crippen molar-refractivity contribution >= 4 is 40.7 Å². The summed E-state index contributed by atoms with van der Waals surface area (Å²) in [7, 11) is 0. The average Bonchev–Trinajstić information content (AvgIpc) is 2.42. The van der Waals surface area contributed by atoms with Crippen molar-refractivity contribution in [1.29, 1.82) is 0 Å². The van der Waals surface area contributed by atoms with Crippen LogP contribution < -0.4 is 10.2 Å². The Bertz CT molecular complexity index is 533. The summed E-state index contributed by atoms with van der Waals surface area (Å²) in [6.07, 6.45) is 1.19. The molecule has 0 spiro atoms. The number of halogens is 2. The number of hydrogen-bond acceptors (Lipinski definition) is 2. The van der Waals surface area contributed by atoms with Crippen molar-refractivity contribution in [1.82, 2.24) is 5.32 Å². The molecule has 0 aliphatic heterocycles. The van der Waals surface area contributed by atoms with Crippen LogP contribution in [0.3, 0.4) is 0 Å². The van der Waals surface area contributed by atoms with Gasteiger partial charge in [-0.05, 0) is 30.5 Å². The van der Waals surface area contributed by atoms with Crippen LogP contribution in [0.25, 0.3) is 0 Å². The molecule has 0 saturated heterocycles. The molecule has 0 saturated carbocycles. The molecular weight excluding hydrogens is 323 g/mol. The number of amides is 2. The van der Waals surface area contributed by atoms with E-state index in [4.69, 9.17) is 23.2 Å². The first-order chi connectivity index (χ1) is 10.3. The monoisotopic (exact) mass is 344 g/mol. The molecule has 0 bridgehead atoms. The van der Waals surface area contributed by atoms with Gasteiger partial charge in [0.2, 0.25) is 11.8 Å². The first-order valence-electron chi connectivity index (χ1n) is 7.31. The average molecular weight is 345 g/mol. The largest absolute Gasteiger partial charge is 0.356 e. The number of nitrogens with one attached hydrogen (secondary N) is 1. The predicted molar refractivity (Wildman–Crippen MR) is 91.6 cm³/mol. The second-order valence-corrected chi connectivity index (χ2v) is 6.37. The van der Waals surface area contributed by atoms with Crippen LogP contribution in [0.5, 0.6) is 0 Å². The SMILES string of the molecule is CC(=O)N(CCC(=O)NCCC(C)C)c1ccc(Cl)c(Cl)c1. The van der Waals surface area contributed by atoms with E-state index in [1.54, 1.807) is 18.2 Å². The summed E-state index contributed by atoms with van der Waals surface area (Å²) in [5.74, 6) is 0.338. The van der Waals surface area contributed by atoms with E-state index in [9.17, 15) is 9.59 Å². The van der Waals surface area contributed by atoms with E-state index in [1.165, 1.54) is 11.8 Å². The van der Waals surface area contributed by atoms with Gasteiger partial charge in [-0.15, -0.1) is 0 Å². The highest BCUT2D eigenvalue weighted by atomic mass is 35.5. The van der Waals surface area contributed by atoms with Gasteiger partial charge in [0.15, 0.2) is 0 Å². The van der Waals surface area contributed by atoms with E-state index in [-0.39, 0.29) is 18.2 Å². The highest BCUT2D eigenvalue weighted by Gasteiger charge is 2.14. The maximum atomic E-state index is 11.8. The van der Waals surface area contributed by atoms with Crippen LogP contribution in [-0.4, -0.2) is 24.9 Å². The second-order valence-electron chi connectivity index (χ2n) is 5.55. The molecule has 0 fully saturated rings. The molecule has 6 heteroatoms. The molecule has 22 heavy (non-hydrogen) atoms. The fourth-order valence-electron chi connectivity index (χ4n) is 1.92. The van der Waals surface area contributed by atoms with Crippen LogP contribution in [0.1, 0.15) is 33.6 Å². The van der Waals surface area contributed by atoms with E-state index in [1.807, 2.05) is 0 Å². The molecule has 2 amide bonds. The molecule has 0 atom stereocenters. The van der Waals surface area contributed by atoms with E-state index in [2.05, 4.69) is 19.2 Å². The third-order valence-electron chi connectivity index (χ3n) is 3.20. The third-order valence-corrected chi connectivity index (χ3v) is 3.94. The topological polar surface area (TPSA) is 49.4 Å². The number of nitrogens with zero attached hydrogens (tertiary/aromatic N) is 1. The Morgan fingerprint density at radius 3 is 2.45 bits per heavy atom. The van der Waals surface area contributed by atoms with Gasteiger partial charge in [0.05, 0.1) is 10.0 Å². The Morgan fingerprint density at radius 2 is 1.91 bits per heavy atom. The minimum Gasteiger partial charge on any atom is -0.356 e. The molecule has 1 aromatic carbocycles. The van der Waals surface area contributed by atoms with Crippen molar-refractivity contribution in [2.45, 2.75) is 33.6 Å². The Morgan fingerprint density at radius 1 is 1.23 bits per heavy atom. The third kappa shape index (κ3) is 6.24. The molecule has 122 valence electrons. The van der Waals surface area contributed by atoms with Crippen LogP contribution in [0.2, 0.25) is 10.0 Å². The van der Waals surface area contributed by atoms with Crippen molar-refractivity contribution in [3.63, 3.8) is 0 Å². The zero-order valence-corrected chi connectivity index (χ0v) is 14.7. The minimum atomic E-state index is -0.145. The molecule has 1 aromatic rings. The zero-order chi connectivity index (χ0) is 16.7. The van der Waals surface area contributed by atoms with Gasteiger partial charge in [-0.1, -0.05) is 37.0 Å². The highest BCUT2D eigenvalue weighted by Crippen LogP contribution is 2.27. The van der Waals surface area contributed by atoms with Gasteiger partial charge in [-0.3, -0.25) is 9.59 Å². The lowest BCUT2D eigenvalue weighted by molar-refractivity contribution is -0.121. The summed E-state index contributed by atoms with van der Waals surface area (Å²) in [5.41, 5.74) is 0.636. The molecule has 0 heterocycles. The summed E-state index contributed by atoms with van der Waals surface area (Å²) in [6, 6.07) is 4.98. The Kier molecular flexibility index (Phi) is 7.69. The molecule has 4 nitrogen and oxygen atoms in total. The van der Waals surface area contributed by atoms with Gasteiger partial charge < -0.3 is 10.2 Å². The van der Waals surface area contributed by atoms with E-state index >= 15 is 0 Å². The van der Waals surface area contributed by atoms with Crippen LogP contribution in [0, 0.1) is 5.92 Å². The number of benzene rings is 1. The van der Waals surface area contributed by atoms with Gasteiger partial charge in [0.1, 0.15) is 0 Å². The second kappa shape index (κ2) is 9.01. The molecule has 0 aliphatic rings. The molecule has 0 aliphatic carbocycles. The first-order valence-corrected chi connectivity index (χ1v) is 8.06. The van der Waals surface area contributed by atoms with Crippen LogP contribution in [-0.2, 0) is 9.59 Å². The molecule has 0 radical (unpaired) electrons. The maximum absolute atomic E-state index is 11.8. The van der Waals surface area contributed by atoms with Crippen LogP contribution >= 0.6 is 23.2 Å². The van der Waals surface area contributed by atoms with Gasteiger partial charge in [0.25, 0.3) is 0 Å². The summed E-state index contributed by atoms with van der Waals surface area (Å²) in [5, 5.41) is 3.67. The van der Waals surface area contributed by atoms with E-state index in [0.717, 1.165) is 6.42 Å². The van der Waals surface area contributed by atoms with Crippen molar-refractivity contribution < 1.29 is 9.59 Å². The van der Waals surface area contributed by atoms with Gasteiger partial charge in [0, 0.05) is 32.1 Å². The predicted octanol–water partition coefficient (Wildman–Crippen LogP) is 3.90. The van der Waals surface area contributed by atoms with Crippen molar-refractivity contribution in [2.75, 3.05) is 18.0 Å². The first kappa shape index (κ1) is 18.8. The van der Waals surface area contributed by atoms with Crippen LogP contribution in [0.15, 0.2) is 18.2 Å². The molecule has 0 unspecified atom stereocenters. The lowest BCUT2D eigenvalue weighted by Crippen LogP contribution is -2.34. The molecule has 1 rings (SSSR count). The van der Waals surface area contributed by atoms with Gasteiger partial charge in [-0.2, -0.15) is 0 Å². The van der Waals surface area contributed by atoms with Crippen molar-refractivity contribution in [2.24, 2.45) is 5.92 Å². The molecular formula is C16H22Cl2N2O2. The van der Waals surface area contributed by atoms with Crippen LogP contribution in [0.4, 0.5) is 5.69 Å². The number of carbonyl (C=O) groups is 2. The number of carbonyl (C=O) groups excluding carboxylic acids is 2. The van der Waals surface area contributed by atoms with Gasteiger partial charge in [-0.25, -0.2) is 0 Å².